The van der Waals surface area contributed by atoms with E-state index in [0.717, 1.165) is 11.1 Å². The number of rotatable bonds is 6. The van der Waals surface area contributed by atoms with Crippen molar-refractivity contribution >= 4 is 0 Å². The van der Waals surface area contributed by atoms with E-state index in [1.54, 1.807) is 12.1 Å². The second kappa shape index (κ2) is 8.52. The smallest absolute Gasteiger partial charge is 0.177 e. The van der Waals surface area contributed by atoms with E-state index in [0.29, 0.717) is 17.7 Å². The minimum absolute atomic E-state index is 0.0880. The Morgan fingerprint density at radius 2 is 1.68 bits per heavy atom. The lowest BCUT2D eigenvalue weighted by molar-refractivity contribution is -0.192. The lowest BCUT2D eigenvalue weighted by Crippen LogP contribution is -2.48. The molecule has 0 saturated carbocycles. The van der Waals surface area contributed by atoms with E-state index in [1.807, 2.05) is 30.3 Å². The first-order chi connectivity index (χ1) is 12.2. The third-order valence-corrected chi connectivity index (χ3v) is 4.24. The highest BCUT2D eigenvalue weighted by molar-refractivity contribution is 5.29. The Labute approximate surface area is 147 Å². The van der Waals surface area contributed by atoms with Crippen molar-refractivity contribution in [1.29, 1.82) is 0 Å². The maximum absolute atomic E-state index is 12.9. The molecule has 1 aliphatic heterocycles. The number of halogens is 2. The Balaban J connectivity index is 1.72. The standard InChI is InChI=1S/C20H23F2NO2/c1-14-12-24-20(19(23-14)18-5-3-2-4-6-18)25-13-17-8-15(10-21)7-16(9-17)11-22/h2-9,14,19-20,23H,10-13H2,1H3. The Bertz CT molecular complexity index is 658. The molecule has 3 nitrogen and oxygen atoms in total. The maximum Gasteiger partial charge on any atom is 0.177 e. The Morgan fingerprint density at radius 1 is 1.04 bits per heavy atom. The second-order valence-corrected chi connectivity index (χ2v) is 6.39. The van der Waals surface area contributed by atoms with Gasteiger partial charge in [-0.15, -0.1) is 0 Å². The van der Waals surface area contributed by atoms with Crippen molar-refractivity contribution < 1.29 is 18.3 Å². The quantitative estimate of drug-likeness (QED) is 0.849. The molecule has 3 unspecified atom stereocenters. The number of ether oxygens (including phenoxy) is 2. The lowest BCUT2D eigenvalue weighted by Gasteiger charge is -2.36. The van der Waals surface area contributed by atoms with Crippen LogP contribution in [0.2, 0.25) is 0 Å². The van der Waals surface area contributed by atoms with E-state index in [-0.39, 0.29) is 18.7 Å². The molecule has 25 heavy (non-hydrogen) atoms. The highest BCUT2D eigenvalue weighted by Gasteiger charge is 2.30. The molecule has 3 rings (SSSR count). The minimum Gasteiger partial charge on any atom is -0.349 e. The van der Waals surface area contributed by atoms with Gasteiger partial charge in [0.15, 0.2) is 6.29 Å². The first-order valence-electron chi connectivity index (χ1n) is 8.47. The van der Waals surface area contributed by atoms with Gasteiger partial charge in [-0.1, -0.05) is 48.5 Å². The fourth-order valence-corrected chi connectivity index (χ4v) is 3.08. The van der Waals surface area contributed by atoms with Gasteiger partial charge in [0.25, 0.3) is 0 Å². The molecule has 5 heteroatoms. The molecule has 1 aliphatic rings. The summed E-state index contributed by atoms with van der Waals surface area (Å²) in [5.74, 6) is 0. The van der Waals surface area contributed by atoms with Crippen molar-refractivity contribution in [3.05, 3.63) is 70.8 Å². The van der Waals surface area contributed by atoms with Crippen LogP contribution in [0.1, 0.15) is 35.2 Å². The molecular weight excluding hydrogens is 324 g/mol. The zero-order valence-electron chi connectivity index (χ0n) is 14.3. The molecule has 0 aromatic heterocycles. The number of morpholine rings is 1. The number of alkyl halides is 2. The van der Waals surface area contributed by atoms with Crippen molar-refractivity contribution in [2.45, 2.75) is 45.3 Å². The zero-order valence-corrected chi connectivity index (χ0v) is 14.3. The largest absolute Gasteiger partial charge is 0.349 e. The van der Waals surface area contributed by atoms with Gasteiger partial charge >= 0.3 is 0 Å². The molecule has 0 spiro atoms. The molecular formula is C20H23F2NO2. The average Bonchev–Trinajstić information content (AvgIpc) is 2.67. The molecule has 1 heterocycles. The maximum atomic E-state index is 12.9. The van der Waals surface area contributed by atoms with E-state index >= 15 is 0 Å². The van der Waals surface area contributed by atoms with Crippen LogP contribution >= 0.6 is 0 Å². The summed E-state index contributed by atoms with van der Waals surface area (Å²) in [5.41, 5.74) is 2.76. The van der Waals surface area contributed by atoms with E-state index in [1.165, 1.54) is 6.07 Å². The summed E-state index contributed by atoms with van der Waals surface area (Å²) in [5, 5.41) is 3.49. The Hall–Kier alpha value is -1.82. The van der Waals surface area contributed by atoms with Gasteiger partial charge < -0.3 is 14.8 Å². The van der Waals surface area contributed by atoms with Crippen molar-refractivity contribution in [3.63, 3.8) is 0 Å². The molecule has 2 aromatic carbocycles. The Kier molecular flexibility index (Phi) is 6.13. The summed E-state index contributed by atoms with van der Waals surface area (Å²) < 4.78 is 37.7. The predicted octanol–water partition coefficient (Wildman–Crippen LogP) is 4.22. The molecule has 0 radical (unpaired) electrons. The highest BCUT2D eigenvalue weighted by Crippen LogP contribution is 2.26. The van der Waals surface area contributed by atoms with Crippen LogP contribution in [0.3, 0.4) is 0 Å². The van der Waals surface area contributed by atoms with Gasteiger partial charge in [-0.05, 0) is 29.2 Å². The number of nitrogens with one attached hydrogen (secondary N) is 1. The topological polar surface area (TPSA) is 30.5 Å². The van der Waals surface area contributed by atoms with Gasteiger partial charge in [0.2, 0.25) is 0 Å². The summed E-state index contributed by atoms with van der Waals surface area (Å²) in [6.45, 7) is 1.61. The first kappa shape index (κ1) is 18.0. The van der Waals surface area contributed by atoms with Gasteiger partial charge in [0.05, 0.1) is 19.3 Å². The van der Waals surface area contributed by atoms with Crippen LogP contribution in [0.4, 0.5) is 8.78 Å². The Morgan fingerprint density at radius 3 is 2.32 bits per heavy atom. The fourth-order valence-electron chi connectivity index (χ4n) is 3.08. The van der Waals surface area contributed by atoms with Crippen LogP contribution in [0.25, 0.3) is 0 Å². The van der Waals surface area contributed by atoms with E-state index in [2.05, 4.69) is 12.2 Å². The van der Waals surface area contributed by atoms with Crippen LogP contribution in [0, 0.1) is 0 Å². The fraction of sp³-hybridized carbons (Fsp3) is 0.400. The third-order valence-electron chi connectivity index (χ3n) is 4.24. The summed E-state index contributed by atoms with van der Waals surface area (Å²) in [7, 11) is 0. The number of benzene rings is 2. The molecule has 0 bridgehead atoms. The molecule has 1 N–H and O–H groups in total. The minimum atomic E-state index is -0.619. The predicted molar refractivity (Wildman–Crippen MR) is 92.4 cm³/mol. The SMILES string of the molecule is CC1COC(OCc2cc(CF)cc(CF)c2)C(c2ccccc2)N1. The normalized spacial score (nSPS) is 23.6. The summed E-state index contributed by atoms with van der Waals surface area (Å²) in [6, 6.07) is 15.1. The third kappa shape index (κ3) is 4.63. The molecule has 0 amide bonds. The first-order valence-corrected chi connectivity index (χ1v) is 8.47. The number of hydrogen-bond donors (Lipinski definition) is 1. The zero-order chi connectivity index (χ0) is 17.6. The van der Waals surface area contributed by atoms with Gasteiger partial charge in [0.1, 0.15) is 13.3 Å². The molecule has 2 aromatic rings. The van der Waals surface area contributed by atoms with Crippen molar-refractivity contribution in [1.82, 2.24) is 5.32 Å². The summed E-state index contributed by atoms with van der Waals surface area (Å²) in [6.07, 6.45) is -0.457. The van der Waals surface area contributed by atoms with Gasteiger partial charge in [-0.2, -0.15) is 0 Å². The molecule has 3 atom stereocenters. The van der Waals surface area contributed by atoms with Crippen molar-refractivity contribution in [2.75, 3.05) is 6.61 Å². The van der Waals surface area contributed by atoms with Gasteiger partial charge in [-0.25, -0.2) is 8.78 Å². The summed E-state index contributed by atoms with van der Waals surface area (Å²) in [4.78, 5) is 0. The van der Waals surface area contributed by atoms with Crippen LogP contribution in [-0.4, -0.2) is 18.9 Å². The van der Waals surface area contributed by atoms with E-state index in [4.69, 9.17) is 9.47 Å². The van der Waals surface area contributed by atoms with Gasteiger partial charge in [-0.3, -0.25) is 0 Å². The van der Waals surface area contributed by atoms with Crippen LogP contribution < -0.4 is 5.32 Å². The lowest BCUT2D eigenvalue weighted by atomic mass is 10.0. The van der Waals surface area contributed by atoms with Crippen LogP contribution in [-0.2, 0) is 29.4 Å². The van der Waals surface area contributed by atoms with E-state index < -0.39 is 19.6 Å². The van der Waals surface area contributed by atoms with Crippen molar-refractivity contribution in [2.24, 2.45) is 0 Å². The van der Waals surface area contributed by atoms with E-state index in [9.17, 15) is 8.78 Å². The van der Waals surface area contributed by atoms with Crippen molar-refractivity contribution in [3.8, 4) is 0 Å². The highest BCUT2D eigenvalue weighted by atomic mass is 19.1. The molecule has 134 valence electrons. The van der Waals surface area contributed by atoms with Gasteiger partial charge in [0, 0.05) is 6.04 Å². The number of hydrogen-bond acceptors (Lipinski definition) is 3. The molecule has 1 saturated heterocycles. The summed E-state index contributed by atoms with van der Waals surface area (Å²) >= 11 is 0. The molecule has 0 aliphatic carbocycles. The van der Waals surface area contributed by atoms with Crippen LogP contribution in [0.15, 0.2) is 48.5 Å². The average molecular weight is 347 g/mol. The molecule has 1 fully saturated rings. The second-order valence-electron chi connectivity index (χ2n) is 6.39. The monoisotopic (exact) mass is 347 g/mol. The van der Waals surface area contributed by atoms with Crippen LogP contribution in [0.5, 0.6) is 0 Å².